The number of nitrogens with zero attached hydrogens (tertiary/aromatic N) is 2. The van der Waals surface area contributed by atoms with E-state index in [9.17, 15) is 23.3 Å². The lowest BCUT2D eigenvalue weighted by molar-refractivity contribution is -0.384. The molecular formula is C18H19ClN2O5S. The fraction of sp³-hybridized carbons (Fsp3) is 0.278. The Hall–Kier alpha value is -2.45. The van der Waals surface area contributed by atoms with E-state index in [0.717, 1.165) is 41.4 Å². The highest BCUT2D eigenvalue weighted by molar-refractivity contribution is 7.93. The van der Waals surface area contributed by atoms with Crippen LogP contribution in [-0.2, 0) is 14.8 Å². The molecule has 0 atom stereocenters. The Kier molecular flexibility index (Phi) is 6.92. The minimum atomic E-state index is -4.23. The van der Waals surface area contributed by atoms with Gasteiger partial charge in [-0.1, -0.05) is 31.4 Å². The number of carbonyl (C=O) groups excluding carboxylic acids is 1. The van der Waals surface area contributed by atoms with E-state index in [1.54, 1.807) is 0 Å². The lowest BCUT2D eigenvalue weighted by atomic mass is 10.2. The second-order valence-electron chi connectivity index (χ2n) is 5.85. The number of benzene rings is 2. The molecule has 0 spiro atoms. The standard InChI is InChI=1S/C18H19ClN2O5S/c1-2-3-4-5-18(22)20(15-8-6-14(19)7-9-15)27(25,26)17-12-10-16(11-13-17)21(23)24/h6-13H,2-5H2,1H3. The van der Waals surface area contributed by atoms with Crippen molar-refractivity contribution in [2.24, 2.45) is 0 Å². The third kappa shape index (κ3) is 5.05. The van der Waals surface area contributed by atoms with Crippen LogP contribution in [0.1, 0.15) is 32.6 Å². The molecule has 0 N–H and O–H groups in total. The molecule has 144 valence electrons. The molecule has 2 aromatic carbocycles. The van der Waals surface area contributed by atoms with Gasteiger partial charge >= 0.3 is 0 Å². The Balaban J connectivity index is 2.45. The minimum absolute atomic E-state index is 0.0721. The van der Waals surface area contributed by atoms with Gasteiger partial charge in [-0.05, 0) is 42.8 Å². The van der Waals surface area contributed by atoms with E-state index < -0.39 is 20.9 Å². The fourth-order valence-corrected chi connectivity index (χ4v) is 4.04. The zero-order valence-electron chi connectivity index (χ0n) is 14.7. The van der Waals surface area contributed by atoms with Crippen LogP contribution in [0.2, 0.25) is 5.02 Å². The number of non-ortho nitro benzene ring substituents is 1. The van der Waals surface area contributed by atoms with Gasteiger partial charge in [-0.3, -0.25) is 14.9 Å². The Morgan fingerprint density at radius 2 is 1.67 bits per heavy atom. The topological polar surface area (TPSA) is 97.6 Å². The number of hydrogen-bond acceptors (Lipinski definition) is 5. The summed E-state index contributed by atoms with van der Waals surface area (Å²) in [6.45, 7) is 1.98. The molecule has 0 fully saturated rings. The molecule has 0 unspecified atom stereocenters. The van der Waals surface area contributed by atoms with Crippen molar-refractivity contribution in [2.75, 3.05) is 4.31 Å². The van der Waals surface area contributed by atoms with Crippen LogP contribution < -0.4 is 4.31 Å². The van der Waals surface area contributed by atoms with E-state index in [1.165, 1.54) is 24.3 Å². The van der Waals surface area contributed by atoms with E-state index in [1.807, 2.05) is 6.92 Å². The number of sulfonamides is 1. The SMILES string of the molecule is CCCCCC(=O)N(c1ccc(Cl)cc1)S(=O)(=O)c1ccc([N+](=O)[O-])cc1. The first kappa shape index (κ1) is 20.9. The van der Waals surface area contributed by atoms with E-state index >= 15 is 0 Å². The summed E-state index contributed by atoms with van der Waals surface area (Å²) >= 11 is 5.86. The minimum Gasteiger partial charge on any atom is -0.273 e. The average Bonchev–Trinajstić information content (AvgIpc) is 2.63. The van der Waals surface area contributed by atoms with Gasteiger partial charge in [-0.15, -0.1) is 0 Å². The van der Waals surface area contributed by atoms with Crippen molar-refractivity contribution in [1.29, 1.82) is 0 Å². The molecule has 0 bridgehead atoms. The molecular weight excluding hydrogens is 392 g/mol. The highest BCUT2D eigenvalue weighted by Crippen LogP contribution is 2.27. The summed E-state index contributed by atoms with van der Waals surface area (Å²) in [5.41, 5.74) is -0.0690. The smallest absolute Gasteiger partial charge is 0.270 e. The first-order valence-electron chi connectivity index (χ1n) is 8.35. The first-order valence-corrected chi connectivity index (χ1v) is 10.2. The molecule has 2 rings (SSSR count). The Morgan fingerprint density at radius 1 is 1.07 bits per heavy atom. The molecule has 0 heterocycles. The monoisotopic (exact) mass is 410 g/mol. The van der Waals surface area contributed by atoms with Crippen molar-refractivity contribution in [1.82, 2.24) is 0 Å². The van der Waals surface area contributed by atoms with Crippen molar-refractivity contribution in [3.63, 3.8) is 0 Å². The van der Waals surface area contributed by atoms with Crippen LogP contribution in [0.5, 0.6) is 0 Å². The van der Waals surface area contributed by atoms with Crippen LogP contribution in [-0.4, -0.2) is 19.2 Å². The number of halogens is 1. The fourth-order valence-electron chi connectivity index (χ4n) is 2.47. The van der Waals surface area contributed by atoms with Crippen LogP contribution in [0.25, 0.3) is 0 Å². The molecule has 0 saturated heterocycles. The van der Waals surface area contributed by atoms with Crippen molar-refractivity contribution in [2.45, 2.75) is 37.5 Å². The highest BCUT2D eigenvalue weighted by Gasteiger charge is 2.31. The maximum atomic E-state index is 13.1. The Morgan fingerprint density at radius 3 is 2.19 bits per heavy atom. The number of carbonyl (C=O) groups is 1. The van der Waals surface area contributed by atoms with Crippen molar-refractivity contribution in [3.05, 3.63) is 63.7 Å². The summed E-state index contributed by atoms with van der Waals surface area (Å²) in [6.07, 6.45) is 2.33. The summed E-state index contributed by atoms with van der Waals surface area (Å²) in [4.78, 5) is 22.7. The van der Waals surface area contributed by atoms with Crippen LogP contribution in [0.4, 0.5) is 11.4 Å². The van der Waals surface area contributed by atoms with Gasteiger partial charge in [-0.25, -0.2) is 12.7 Å². The van der Waals surface area contributed by atoms with Crippen LogP contribution >= 0.6 is 11.6 Å². The quantitative estimate of drug-likeness (QED) is 0.361. The molecule has 9 heteroatoms. The Bertz CT molecular complexity index is 912. The average molecular weight is 411 g/mol. The van der Waals surface area contributed by atoms with Gasteiger partial charge in [0.15, 0.2) is 0 Å². The largest absolute Gasteiger partial charge is 0.273 e. The number of unbranched alkanes of at least 4 members (excludes halogenated alkanes) is 2. The molecule has 2 aromatic rings. The molecule has 0 aliphatic carbocycles. The van der Waals surface area contributed by atoms with Gasteiger partial charge in [0.1, 0.15) is 0 Å². The van der Waals surface area contributed by atoms with Gasteiger partial charge in [0.2, 0.25) is 5.91 Å². The normalized spacial score (nSPS) is 11.2. The van der Waals surface area contributed by atoms with Gasteiger partial charge in [0.05, 0.1) is 15.5 Å². The lowest BCUT2D eigenvalue weighted by Crippen LogP contribution is -2.36. The number of amides is 1. The third-order valence-corrected chi connectivity index (χ3v) is 5.88. The molecule has 0 aliphatic rings. The molecule has 1 amide bonds. The van der Waals surface area contributed by atoms with Crippen molar-refractivity contribution in [3.8, 4) is 0 Å². The maximum absolute atomic E-state index is 13.1. The zero-order chi connectivity index (χ0) is 20.0. The summed E-state index contributed by atoms with van der Waals surface area (Å²) < 4.78 is 26.9. The van der Waals surface area contributed by atoms with Crippen LogP contribution in [0.15, 0.2) is 53.4 Å². The van der Waals surface area contributed by atoms with Crippen molar-refractivity contribution >= 4 is 38.9 Å². The molecule has 0 aliphatic heterocycles. The predicted octanol–water partition coefficient (Wildman–Crippen LogP) is 4.55. The Labute approximate surface area is 162 Å². The summed E-state index contributed by atoms with van der Waals surface area (Å²) in [7, 11) is -4.23. The van der Waals surface area contributed by atoms with Crippen LogP contribution in [0, 0.1) is 10.1 Å². The van der Waals surface area contributed by atoms with E-state index in [0.29, 0.717) is 11.4 Å². The summed E-state index contributed by atoms with van der Waals surface area (Å²) in [5, 5.41) is 11.2. The second-order valence-corrected chi connectivity index (χ2v) is 8.07. The van der Waals surface area contributed by atoms with Crippen molar-refractivity contribution < 1.29 is 18.1 Å². The third-order valence-electron chi connectivity index (χ3n) is 3.87. The number of rotatable bonds is 8. The number of nitro groups is 1. The molecule has 0 saturated carbocycles. The first-order chi connectivity index (χ1) is 12.8. The number of anilines is 1. The molecule has 27 heavy (non-hydrogen) atoms. The zero-order valence-corrected chi connectivity index (χ0v) is 16.2. The predicted molar refractivity (Wildman–Crippen MR) is 103 cm³/mol. The van der Waals surface area contributed by atoms with Crippen LogP contribution in [0.3, 0.4) is 0 Å². The van der Waals surface area contributed by atoms with Gasteiger partial charge in [0, 0.05) is 23.6 Å². The van der Waals surface area contributed by atoms with E-state index in [4.69, 9.17) is 11.6 Å². The summed E-state index contributed by atoms with van der Waals surface area (Å²) in [5.74, 6) is -0.566. The molecule has 0 radical (unpaired) electrons. The second kappa shape index (κ2) is 8.96. The van der Waals surface area contributed by atoms with Gasteiger partial charge in [0.25, 0.3) is 15.7 Å². The number of hydrogen-bond donors (Lipinski definition) is 0. The lowest BCUT2D eigenvalue weighted by Gasteiger charge is -2.23. The van der Waals surface area contributed by atoms with Gasteiger partial charge in [-0.2, -0.15) is 0 Å². The van der Waals surface area contributed by atoms with Gasteiger partial charge < -0.3 is 0 Å². The summed E-state index contributed by atoms with van der Waals surface area (Å²) in [6, 6.07) is 10.3. The molecule has 7 nitrogen and oxygen atoms in total. The molecule has 0 aromatic heterocycles. The van der Waals surface area contributed by atoms with E-state index in [2.05, 4.69) is 0 Å². The van der Waals surface area contributed by atoms with E-state index in [-0.39, 0.29) is 22.7 Å². The number of nitro benzene ring substituents is 1. The maximum Gasteiger partial charge on any atom is 0.270 e. The highest BCUT2D eigenvalue weighted by atomic mass is 35.5.